The predicted molar refractivity (Wildman–Crippen MR) is 57.0 cm³/mol. The zero-order chi connectivity index (χ0) is 10.8. The van der Waals surface area contributed by atoms with Crippen molar-refractivity contribution in [2.75, 3.05) is 0 Å². The van der Waals surface area contributed by atoms with Crippen LogP contribution in [0.15, 0.2) is 36.5 Å². The maximum absolute atomic E-state index is 13.0. The van der Waals surface area contributed by atoms with E-state index in [0.717, 1.165) is 0 Å². The van der Waals surface area contributed by atoms with Crippen molar-refractivity contribution >= 4 is 12.2 Å². The van der Waals surface area contributed by atoms with Gasteiger partial charge in [0.2, 0.25) is 0 Å². The molecule has 0 aliphatic rings. The first kappa shape index (κ1) is 9.98. The van der Waals surface area contributed by atoms with Gasteiger partial charge in [0.05, 0.1) is 0 Å². The standard InChI is InChI=1S/C11H7F2NS/c12-8-3-1-7(2-4-8)10-5-9(13)6-14-11(10)15/h1-6H,(H,14,15). The zero-order valence-corrected chi connectivity index (χ0v) is 8.44. The van der Waals surface area contributed by atoms with Gasteiger partial charge in [0.1, 0.15) is 16.3 Å². The summed E-state index contributed by atoms with van der Waals surface area (Å²) in [5.74, 6) is -0.729. The highest BCUT2D eigenvalue weighted by atomic mass is 32.1. The molecule has 0 aliphatic heterocycles. The number of hydrogen-bond acceptors (Lipinski definition) is 1. The molecule has 0 aliphatic carbocycles. The number of benzene rings is 1. The van der Waals surface area contributed by atoms with E-state index in [2.05, 4.69) is 4.98 Å². The molecule has 1 heterocycles. The van der Waals surface area contributed by atoms with Crippen LogP contribution in [0, 0.1) is 16.3 Å². The van der Waals surface area contributed by atoms with E-state index in [4.69, 9.17) is 12.2 Å². The summed E-state index contributed by atoms with van der Waals surface area (Å²) in [6, 6.07) is 7.08. The molecule has 4 heteroatoms. The van der Waals surface area contributed by atoms with E-state index in [-0.39, 0.29) is 5.82 Å². The van der Waals surface area contributed by atoms with Crippen molar-refractivity contribution < 1.29 is 8.78 Å². The van der Waals surface area contributed by atoms with Gasteiger partial charge in [-0.2, -0.15) is 0 Å². The molecular formula is C11H7F2NS. The van der Waals surface area contributed by atoms with E-state index < -0.39 is 5.82 Å². The molecular weight excluding hydrogens is 216 g/mol. The lowest BCUT2D eigenvalue weighted by atomic mass is 10.1. The second-order valence-corrected chi connectivity index (χ2v) is 3.48. The molecule has 1 nitrogen and oxygen atoms in total. The molecule has 2 aromatic rings. The lowest BCUT2D eigenvalue weighted by Gasteiger charge is -2.01. The topological polar surface area (TPSA) is 15.8 Å². The molecule has 15 heavy (non-hydrogen) atoms. The van der Waals surface area contributed by atoms with Gasteiger partial charge in [-0.15, -0.1) is 0 Å². The van der Waals surface area contributed by atoms with Crippen LogP contribution in [-0.2, 0) is 0 Å². The van der Waals surface area contributed by atoms with Crippen molar-refractivity contribution in [3.8, 4) is 11.1 Å². The van der Waals surface area contributed by atoms with Crippen molar-refractivity contribution in [3.05, 3.63) is 52.8 Å². The molecule has 0 saturated heterocycles. The van der Waals surface area contributed by atoms with Crippen molar-refractivity contribution in [3.63, 3.8) is 0 Å². The Morgan fingerprint density at radius 3 is 2.33 bits per heavy atom. The zero-order valence-electron chi connectivity index (χ0n) is 7.63. The van der Waals surface area contributed by atoms with Crippen LogP contribution < -0.4 is 0 Å². The van der Waals surface area contributed by atoms with Crippen LogP contribution in [0.4, 0.5) is 8.78 Å². The van der Waals surface area contributed by atoms with Crippen molar-refractivity contribution in [2.24, 2.45) is 0 Å². The third-order valence-electron chi connectivity index (χ3n) is 2.02. The number of nitrogens with one attached hydrogen (secondary N) is 1. The van der Waals surface area contributed by atoms with Crippen LogP contribution in [0.5, 0.6) is 0 Å². The first-order valence-electron chi connectivity index (χ1n) is 4.31. The Kier molecular flexibility index (Phi) is 2.60. The van der Waals surface area contributed by atoms with Crippen LogP contribution in [0.3, 0.4) is 0 Å². The van der Waals surface area contributed by atoms with E-state index >= 15 is 0 Å². The van der Waals surface area contributed by atoms with E-state index in [1.807, 2.05) is 0 Å². The van der Waals surface area contributed by atoms with Gasteiger partial charge in [0.25, 0.3) is 0 Å². The monoisotopic (exact) mass is 223 g/mol. The summed E-state index contributed by atoms with van der Waals surface area (Å²) in [7, 11) is 0. The average molecular weight is 223 g/mol. The molecule has 0 atom stereocenters. The molecule has 0 saturated carbocycles. The van der Waals surface area contributed by atoms with Gasteiger partial charge in [0, 0.05) is 11.8 Å². The van der Waals surface area contributed by atoms with E-state index in [9.17, 15) is 8.78 Å². The maximum Gasteiger partial charge on any atom is 0.139 e. The highest BCUT2D eigenvalue weighted by molar-refractivity contribution is 7.71. The van der Waals surface area contributed by atoms with Crippen LogP contribution in [0.2, 0.25) is 0 Å². The van der Waals surface area contributed by atoms with E-state index in [1.165, 1.54) is 24.4 Å². The second-order valence-electron chi connectivity index (χ2n) is 3.07. The van der Waals surface area contributed by atoms with Crippen LogP contribution in [-0.4, -0.2) is 4.98 Å². The molecule has 0 bridgehead atoms. The number of H-pyrrole nitrogens is 1. The minimum atomic E-state index is -0.400. The Hall–Kier alpha value is -1.55. The summed E-state index contributed by atoms with van der Waals surface area (Å²) in [6.07, 6.45) is 1.19. The summed E-state index contributed by atoms with van der Waals surface area (Å²) in [5.41, 5.74) is 1.25. The molecule has 0 spiro atoms. The fraction of sp³-hybridized carbons (Fsp3) is 0. The number of halogens is 2. The fourth-order valence-electron chi connectivity index (χ4n) is 1.30. The molecule has 0 radical (unpaired) electrons. The van der Waals surface area contributed by atoms with Crippen molar-refractivity contribution in [1.29, 1.82) is 0 Å². The van der Waals surface area contributed by atoms with Crippen LogP contribution >= 0.6 is 12.2 Å². The van der Waals surface area contributed by atoms with Gasteiger partial charge >= 0.3 is 0 Å². The summed E-state index contributed by atoms with van der Waals surface area (Å²) < 4.78 is 26.1. The van der Waals surface area contributed by atoms with Gasteiger partial charge < -0.3 is 4.98 Å². The molecule has 1 aromatic carbocycles. The molecule has 1 aromatic heterocycles. The highest BCUT2D eigenvalue weighted by Crippen LogP contribution is 2.20. The first-order valence-corrected chi connectivity index (χ1v) is 4.72. The smallest absolute Gasteiger partial charge is 0.139 e. The number of rotatable bonds is 1. The minimum absolute atomic E-state index is 0.329. The number of aromatic nitrogens is 1. The molecule has 76 valence electrons. The molecule has 0 unspecified atom stereocenters. The van der Waals surface area contributed by atoms with Crippen LogP contribution in [0.1, 0.15) is 0 Å². The minimum Gasteiger partial charge on any atom is -0.350 e. The Bertz CT molecular complexity index is 531. The lowest BCUT2D eigenvalue weighted by molar-refractivity contribution is 0.621. The predicted octanol–water partition coefficient (Wildman–Crippen LogP) is 3.69. The van der Waals surface area contributed by atoms with Gasteiger partial charge in [-0.05, 0) is 23.8 Å². The summed E-state index contributed by atoms with van der Waals surface area (Å²) in [6.45, 7) is 0. The molecule has 1 N–H and O–H groups in total. The summed E-state index contributed by atoms with van der Waals surface area (Å²) >= 11 is 5.01. The third kappa shape index (κ3) is 2.10. The van der Waals surface area contributed by atoms with Gasteiger partial charge in [-0.3, -0.25) is 0 Å². The SMILES string of the molecule is Fc1ccc(-c2cc(F)c[nH]c2=S)cc1. The van der Waals surface area contributed by atoms with E-state index in [0.29, 0.717) is 15.8 Å². The molecule has 2 rings (SSSR count). The third-order valence-corrected chi connectivity index (χ3v) is 2.36. The lowest BCUT2D eigenvalue weighted by Crippen LogP contribution is -1.86. The Morgan fingerprint density at radius 2 is 1.67 bits per heavy atom. The highest BCUT2D eigenvalue weighted by Gasteiger charge is 2.02. The number of aromatic amines is 1. The van der Waals surface area contributed by atoms with Crippen molar-refractivity contribution in [1.82, 2.24) is 4.98 Å². The normalized spacial score (nSPS) is 10.3. The van der Waals surface area contributed by atoms with Gasteiger partial charge in [0.15, 0.2) is 0 Å². The summed E-state index contributed by atoms with van der Waals surface area (Å²) in [5, 5.41) is 0. The van der Waals surface area contributed by atoms with Crippen molar-refractivity contribution in [2.45, 2.75) is 0 Å². The first-order chi connectivity index (χ1) is 7.16. The van der Waals surface area contributed by atoms with Crippen LogP contribution in [0.25, 0.3) is 11.1 Å². The maximum atomic E-state index is 13.0. The van der Waals surface area contributed by atoms with E-state index in [1.54, 1.807) is 12.1 Å². The Labute approximate surface area is 90.4 Å². The molecule has 0 fully saturated rings. The summed E-state index contributed by atoms with van der Waals surface area (Å²) in [4.78, 5) is 2.63. The fourth-order valence-corrected chi connectivity index (χ4v) is 1.54. The number of pyridine rings is 1. The number of hydrogen-bond donors (Lipinski definition) is 1. The van der Waals surface area contributed by atoms with Gasteiger partial charge in [-0.25, -0.2) is 8.78 Å². The quantitative estimate of drug-likeness (QED) is 0.729. The Morgan fingerprint density at radius 1 is 1.00 bits per heavy atom. The largest absolute Gasteiger partial charge is 0.350 e. The Balaban J connectivity index is 2.58. The van der Waals surface area contributed by atoms with Gasteiger partial charge in [-0.1, -0.05) is 24.4 Å². The average Bonchev–Trinajstić information content (AvgIpc) is 2.23. The molecule has 0 amide bonds. The second kappa shape index (κ2) is 3.90.